The highest BCUT2D eigenvalue weighted by atomic mass is 32.2. The van der Waals surface area contributed by atoms with Crippen LogP contribution in [0.25, 0.3) is 0 Å². The molecule has 1 aliphatic rings. The molecule has 1 aromatic heterocycles. The molecule has 0 amide bonds. The first-order valence-corrected chi connectivity index (χ1v) is 9.24. The zero-order chi connectivity index (χ0) is 14.8. The molecular formula is C13H19NO4S2. The molecule has 0 N–H and O–H groups in total. The van der Waals surface area contributed by atoms with Gasteiger partial charge in [0, 0.05) is 19.5 Å². The Kier molecular flexibility index (Phi) is 4.82. The lowest BCUT2D eigenvalue weighted by atomic mass is 9.93. The summed E-state index contributed by atoms with van der Waals surface area (Å²) in [7, 11) is -1.61. The van der Waals surface area contributed by atoms with Crippen molar-refractivity contribution in [1.29, 1.82) is 0 Å². The average molecular weight is 317 g/mol. The number of carbonyl (C=O) groups is 1. The molecule has 1 atom stereocenters. The van der Waals surface area contributed by atoms with E-state index in [0.717, 1.165) is 12.8 Å². The third kappa shape index (κ3) is 3.59. The molecule has 1 saturated heterocycles. The van der Waals surface area contributed by atoms with Gasteiger partial charge in [0.25, 0.3) is 0 Å². The summed E-state index contributed by atoms with van der Waals surface area (Å²) < 4.78 is 29.8. The highest BCUT2D eigenvalue weighted by Gasteiger charge is 2.28. The van der Waals surface area contributed by atoms with E-state index in [1.165, 1.54) is 21.9 Å². The standard InChI is InChI=1S/C13H19NO4S2/c1-18-12-5-7-19-13(12)11(15)8-10-4-3-6-14(9-10)20(2,16)17/h5,7,10H,3-4,6,8-9H2,1-2H3. The van der Waals surface area contributed by atoms with Crippen LogP contribution in [0.3, 0.4) is 0 Å². The Hall–Kier alpha value is -0.920. The van der Waals surface area contributed by atoms with Crippen LogP contribution in [0.1, 0.15) is 28.9 Å². The number of methoxy groups -OCH3 is 1. The molecule has 0 spiro atoms. The Morgan fingerprint density at radius 3 is 2.95 bits per heavy atom. The van der Waals surface area contributed by atoms with E-state index < -0.39 is 10.0 Å². The molecule has 0 radical (unpaired) electrons. The summed E-state index contributed by atoms with van der Waals surface area (Å²) in [6.07, 6.45) is 3.31. The van der Waals surface area contributed by atoms with Crippen molar-refractivity contribution in [2.24, 2.45) is 5.92 Å². The van der Waals surface area contributed by atoms with Gasteiger partial charge in [0.05, 0.1) is 13.4 Å². The minimum absolute atomic E-state index is 0.0391. The van der Waals surface area contributed by atoms with Gasteiger partial charge in [-0.25, -0.2) is 12.7 Å². The number of carbonyl (C=O) groups excluding carboxylic acids is 1. The summed E-state index contributed by atoms with van der Waals surface area (Å²) in [4.78, 5) is 12.9. The van der Waals surface area contributed by atoms with Crippen LogP contribution in [0.4, 0.5) is 0 Å². The number of hydrogen-bond donors (Lipinski definition) is 0. The molecule has 1 aromatic rings. The lowest BCUT2D eigenvalue weighted by Crippen LogP contribution is -2.39. The summed E-state index contributed by atoms with van der Waals surface area (Å²) in [6.45, 7) is 1.00. The second-order valence-corrected chi connectivity index (χ2v) is 7.97. The monoisotopic (exact) mass is 317 g/mol. The van der Waals surface area contributed by atoms with Crippen molar-refractivity contribution in [2.75, 3.05) is 26.5 Å². The maximum absolute atomic E-state index is 12.3. The summed E-state index contributed by atoms with van der Waals surface area (Å²) in [5, 5.41) is 1.83. The van der Waals surface area contributed by atoms with Crippen molar-refractivity contribution in [3.63, 3.8) is 0 Å². The highest BCUT2D eigenvalue weighted by Crippen LogP contribution is 2.29. The van der Waals surface area contributed by atoms with Crippen molar-refractivity contribution in [3.8, 4) is 5.75 Å². The van der Waals surface area contributed by atoms with E-state index >= 15 is 0 Å². The summed E-state index contributed by atoms with van der Waals surface area (Å²) in [5.74, 6) is 0.741. The Morgan fingerprint density at radius 1 is 1.55 bits per heavy atom. The van der Waals surface area contributed by atoms with Crippen LogP contribution in [0, 0.1) is 5.92 Å². The van der Waals surface area contributed by atoms with Gasteiger partial charge in [-0.1, -0.05) is 0 Å². The minimum Gasteiger partial charge on any atom is -0.495 e. The SMILES string of the molecule is COc1ccsc1C(=O)CC1CCCN(S(C)(=O)=O)C1. The van der Waals surface area contributed by atoms with Gasteiger partial charge in [0.15, 0.2) is 5.78 Å². The van der Waals surface area contributed by atoms with Gasteiger partial charge >= 0.3 is 0 Å². The molecule has 1 aliphatic heterocycles. The van der Waals surface area contributed by atoms with Crippen LogP contribution >= 0.6 is 11.3 Å². The molecular weight excluding hydrogens is 298 g/mol. The molecule has 7 heteroatoms. The Bertz CT molecular complexity index is 579. The van der Waals surface area contributed by atoms with E-state index in [2.05, 4.69) is 0 Å². The molecule has 112 valence electrons. The molecule has 5 nitrogen and oxygen atoms in total. The maximum atomic E-state index is 12.3. The van der Waals surface area contributed by atoms with Crippen LogP contribution in [0.15, 0.2) is 11.4 Å². The van der Waals surface area contributed by atoms with Crippen LogP contribution in [0.5, 0.6) is 5.75 Å². The topological polar surface area (TPSA) is 63.7 Å². The number of piperidine rings is 1. The summed E-state index contributed by atoms with van der Waals surface area (Å²) >= 11 is 1.37. The number of nitrogens with zero attached hydrogens (tertiary/aromatic N) is 1. The van der Waals surface area contributed by atoms with E-state index in [1.807, 2.05) is 5.38 Å². The molecule has 2 heterocycles. The second-order valence-electron chi connectivity index (χ2n) is 5.07. The molecule has 1 fully saturated rings. The van der Waals surface area contributed by atoms with E-state index in [4.69, 9.17) is 4.74 Å². The van der Waals surface area contributed by atoms with Crippen LogP contribution in [-0.4, -0.2) is 45.0 Å². The number of hydrogen-bond acceptors (Lipinski definition) is 5. The lowest BCUT2D eigenvalue weighted by Gasteiger charge is -2.30. The third-order valence-electron chi connectivity index (χ3n) is 3.53. The van der Waals surface area contributed by atoms with Gasteiger partial charge in [-0.05, 0) is 30.2 Å². The smallest absolute Gasteiger partial charge is 0.211 e. The molecule has 0 aliphatic carbocycles. The third-order valence-corrected chi connectivity index (χ3v) is 5.73. The summed E-state index contributed by atoms with van der Waals surface area (Å²) in [5.41, 5.74) is 0. The molecule has 20 heavy (non-hydrogen) atoms. The first kappa shape index (κ1) is 15.5. The number of rotatable bonds is 5. The molecule has 0 bridgehead atoms. The van der Waals surface area contributed by atoms with Crippen molar-refractivity contribution in [3.05, 3.63) is 16.3 Å². The number of thiophene rings is 1. The summed E-state index contributed by atoms with van der Waals surface area (Å²) in [6, 6.07) is 1.78. The fraction of sp³-hybridized carbons (Fsp3) is 0.615. The van der Waals surface area contributed by atoms with Crippen LogP contribution in [0.2, 0.25) is 0 Å². The molecule has 0 saturated carbocycles. The highest BCUT2D eigenvalue weighted by molar-refractivity contribution is 7.88. The van der Waals surface area contributed by atoms with E-state index in [9.17, 15) is 13.2 Å². The number of ether oxygens (including phenoxy) is 1. The molecule has 0 aromatic carbocycles. The zero-order valence-corrected chi connectivity index (χ0v) is 13.3. The van der Waals surface area contributed by atoms with Crippen LogP contribution < -0.4 is 4.74 Å². The normalized spacial score (nSPS) is 20.8. The maximum Gasteiger partial charge on any atom is 0.211 e. The molecule has 1 unspecified atom stereocenters. The lowest BCUT2D eigenvalue weighted by molar-refractivity contribution is 0.0943. The van der Waals surface area contributed by atoms with Gasteiger partial charge in [-0.2, -0.15) is 0 Å². The van der Waals surface area contributed by atoms with E-state index in [1.54, 1.807) is 13.2 Å². The second kappa shape index (κ2) is 6.24. The van der Waals surface area contributed by atoms with E-state index in [0.29, 0.717) is 30.1 Å². The number of sulfonamides is 1. The van der Waals surface area contributed by atoms with Gasteiger partial charge in [-0.3, -0.25) is 4.79 Å². The fourth-order valence-corrected chi connectivity index (χ4v) is 4.26. The average Bonchev–Trinajstić information content (AvgIpc) is 2.86. The van der Waals surface area contributed by atoms with Gasteiger partial charge in [-0.15, -0.1) is 11.3 Å². The van der Waals surface area contributed by atoms with Crippen molar-refractivity contribution < 1.29 is 17.9 Å². The number of ketones is 1. The van der Waals surface area contributed by atoms with E-state index in [-0.39, 0.29) is 11.7 Å². The number of Topliss-reactive ketones (excluding diaryl/α,β-unsaturated/α-hetero) is 1. The predicted octanol–water partition coefficient (Wildman–Crippen LogP) is 2.00. The van der Waals surface area contributed by atoms with Gasteiger partial charge in [0.2, 0.25) is 10.0 Å². The largest absolute Gasteiger partial charge is 0.495 e. The van der Waals surface area contributed by atoms with Gasteiger partial charge < -0.3 is 4.74 Å². The van der Waals surface area contributed by atoms with Crippen molar-refractivity contribution in [1.82, 2.24) is 4.31 Å². The molecule has 2 rings (SSSR count). The Labute approximate surface area is 123 Å². The first-order chi connectivity index (χ1) is 9.41. The minimum atomic E-state index is -3.16. The fourth-order valence-electron chi connectivity index (χ4n) is 2.51. The van der Waals surface area contributed by atoms with Gasteiger partial charge in [0.1, 0.15) is 10.6 Å². The first-order valence-electron chi connectivity index (χ1n) is 6.51. The van der Waals surface area contributed by atoms with Crippen molar-refractivity contribution in [2.45, 2.75) is 19.3 Å². The zero-order valence-electron chi connectivity index (χ0n) is 11.7. The quantitative estimate of drug-likeness (QED) is 0.779. The van der Waals surface area contributed by atoms with Crippen LogP contribution in [-0.2, 0) is 10.0 Å². The Morgan fingerprint density at radius 2 is 2.30 bits per heavy atom. The van der Waals surface area contributed by atoms with Crippen molar-refractivity contribution >= 4 is 27.1 Å². The Balaban J connectivity index is 2.01. The predicted molar refractivity (Wildman–Crippen MR) is 79.0 cm³/mol.